The normalized spacial score (nSPS) is 12.3. The van der Waals surface area contributed by atoms with Crippen LogP contribution in [-0.4, -0.2) is 5.11 Å². The van der Waals surface area contributed by atoms with Crippen LogP contribution in [0, 0.1) is 6.92 Å². The van der Waals surface area contributed by atoms with Crippen LogP contribution in [0.4, 0.5) is 0 Å². The summed E-state index contributed by atoms with van der Waals surface area (Å²) >= 11 is 0. The van der Waals surface area contributed by atoms with Gasteiger partial charge < -0.3 is 10.4 Å². The van der Waals surface area contributed by atoms with Gasteiger partial charge in [0.1, 0.15) is 5.75 Å². The van der Waals surface area contributed by atoms with E-state index in [9.17, 15) is 5.11 Å². The van der Waals surface area contributed by atoms with Gasteiger partial charge in [0, 0.05) is 12.6 Å². The van der Waals surface area contributed by atoms with Crippen molar-refractivity contribution in [2.45, 2.75) is 26.4 Å². The van der Waals surface area contributed by atoms with Gasteiger partial charge in [-0.3, -0.25) is 0 Å². The first-order valence-electron chi connectivity index (χ1n) is 6.23. The molecule has 0 spiro atoms. The zero-order valence-corrected chi connectivity index (χ0v) is 10.9. The van der Waals surface area contributed by atoms with E-state index in [1.165, 1.54) is 16.7 Å². The number of aromatic hydroxyl groups is 1. The van der Waals surface area contributed by atoms with Crippen LogP contribution in [0.3, 0.4) is 0 Å². The maximum Gasteiger partial charge on any atom is 0.115 e. The lowest BCUT2D eigenvalue weighted by Crippen LogP contribution is -2.18. The van der Waals surface area contributed by atoms with Crippen LogP contribution in [0.1, 0.15) is 29.7 Å². The monoisotopic (exact) mass is 241 g/mol. The second kappa shape index (κ2) is 5.69. The van der Waals surface area contributed by atoms with E-state index < -0.39 is 0 Å². The van der Waals surface area contributed by atoms with Crippen molar-refractivity contribution in [1.29, 1.82) is 0 Å². The molecule has 0 heterocycles. The van der Waals surface area contributed by atoms with E-state index in [0.717, 1.165) is 6.54 Å². The summed E-state index contributed by atoms with van der Waals surface area (Å²) in [7, 11) is 0. The molecule has 0 aromatic heterocycles. The Kier molecular flexibility index (Phi) is 4.00. The molecule has 0 radical (unpaired) electrons. The lowest BCUT2D eigenvalue weighted by Gasteiger charge is -2.15. The lowest BCUT2D eigenvalue weighted by molar-refractivity contribution is 0.474. The van der Waals surface area contributed by atoms with E-state index in [0.29, 0.717) is 11.8 Å². The van der Waals surface area contributed by atoms with Crippen LogP contribution in [0.25, 0.3) is 0 Å². The van der Waals surface area contributed by atoms with Crippen LogP contribution in [0.15, 0.2) is 48.5 Å². The second-order valence-corrected chi connectivity index (χ2v) is 4.68. The van der Waals surface area contributed by atoms with Crippen molar-refractivity contribution >= 4 is 0 Å². The van der Waals surface area contributed by atoms with Crippen LogP contribution in [0.5, 0.6) is 5.75 Å². The molecule has 0 saturated carbocycles. The standard InChI is InChI=1S/C16H19NO/c1-12-4-3-5-15(10-12)13(2)17-11-14-6-8-16(18)9-7-14/h3-10,13,17-18H,11H2,1-2H3/t13-/m1/s1. The Labute approximate surface area is 108 Å². The van der Waals surface area contributed by atoms with Gasteiger partial charge in [-0.25, -0.2) is 0 Å². The minimum Gasteiger partial charge on any atom is -0.508 e. The minimum absolute atomic E-state index is 0.311. The number of aryl methyl sites for hydroxylation is 1. The molecule has 2 aromatic rings. The fourth-order valence-electron chi connectivity index (χ4n) is 1.94. The molecule has 1 atom stereocenters. The second-order valence-electron chi connectivity index (χ2n) is 4.68. The van der Waals surface area contributed by atoms with Crippen molar-refractivity contribution in [2.24, 2.45) is 0 Å². The van der Waals surface area contributed by atoms with E-state index >= 15 is 0 Å². The van der Waals surface area contributed by atoms with E-state index in [2.05, 4.69) is 43.4 Å². The third-order valence-corrected chi connectivity index (χ3v) is 3.09. The number of rotatable bonds is 4. The average molecular weight is 241 g/mol. The molecule has 0 unspecified atom stereocenters. The highest BCUT2D eigenvalue weighted by molar-refractivity contribution is 5.27. The molecule has 0 aliphatic heterocycles. The van der Waals surface area contributed by atoms with Gasteiger partial charge in [-0.15, -0.1) is 0 Å². The van der Waals surface area contributed by atoms with Crippen molar-refractivity contribution in [3.05, 3.63) is 65.2 Å². The number of phenolic OH excluding ortho intramolecular Hbond substituents is 1. The Morgan fingerprint density at radius 3 is 2.50 bits per heavy atom. The zero-order valence-electron chi connectivity index (χ0n) is 10.9. The largest absolute Gasteiger partial charge is 0.508 e. The third kappa shape index (κ3) is 3.34. The van der Waals surface area contributed by atoms with Gasteiger partial charge in [0.2, 0.25) is 0 Å². The topological polar surface area (TPSA) is 32.3 Å². The molecule has 94 valence electrons. The maximum atomic E-state index is 9.22. The molecule has 2 N–H and O–H groups in total. The summed E-state index contributed by atoms with van der Waals surface area (Å²) in [5, 5.41) is 12.7. The predicted octanol–water partition coefficient (Wildman–Crippen LogP) is 3.55. The third-order valence-electron chi connectivity index (χ3n) is 3.09. The molecular weight excluding hydrogens is 222 g/mol. The van der Waals surface area contributed by atoms with Gasteiger partial charge in [-0.1, -0.05) is 42.0 Å². The number of hydrogen-bond acceptors (Lipinski definition) is 2. The molecule has 0 aliphatic rings. The summed E-state index contributed by atoms with van der Waals surface area (Å²) in [5.74, 6) is 0.311. The van der Waals surface area contributed by atoms with Crippen LogP contribution in [-0.2, 0) is 6.54 Å². The molecule has 0 saturated heterocycles. The summed E-state index contributed by atoms with van der Waals surface area (Å²) in [4.78, 5) is 0. The number of benzene rings is 2. The summed E-state index contributed by atoms with van der Waals surface area (Å²) in [6, 6.07) is 16.2. The van der Waals surface area contributed by atoms with Crippen molar-refractivity contribution < 1.29 is 5.11 Å². The lowest BCUT2D eigenvalue weighted by atomic mass is 10.1. The van der Waals surface area contributed by atoms with Gasteiger partial charge in [-0.05, 0) is 37.1 Å². The average Bonchev–Trinajstić information content (AvgIpc) is 2.38. The van der Waals surface area contributed by atoms with Crippen LogP contribution >= 0.6 is 0 Å². The van der Waals surface area contributed by atoms with E-state index in [-0.39, 0.29) is 0 Å². The molecular formula is C16H19NO. The molecule has 2 nitrogen and oxygen atoms in total. The highest BCUT2D eigenvalue weighted by Gasteiger charge is 2.04. The highest BCUT2D eigenvalue weighted by Crippen LogP contribution is 2.15. The highest BCUT2D eigenvalue weighted by atomic mass is 16.3. The fraction of sp³-hybridized carbons (Fsp3) is 0.250. The summed E-state index contributed by atoms with van der Waals surface area (Å²) in [6.45, 7) is 5.07. The minimum atomic E-state index is 0.311. The quantitative estimate of drug-likeness (QED) is 0.858. The summed E-state index contributed by atoms with van der Waals surface area (Å²) in [6.07, 6.45) is 0. The van der Waals surface area contributed by atoms with E-state index in [1.54, 1.807) is 12.1 Å². The summed E-state index contributed by atoms with van der Waals surface area (Å²) in [5.41, 5.74) is 3.76. The van der Waals surface area contributed by atoms with Gasteiger partial charge >= 0.3 is 0 Å². The first-order chi connectivity index (χ1) is 8.65. The van der Waals surface area contributed by atoms with Gasteiger partial charge in [0.25, 0.3) is 0 Å². The first-order valence-corrected chi connectivity index (χ1v) is 6.23. The van der Waals surface area contributed by atoms with Gasteiger partial charge in [-0.2, -0.15) is 0 Å². The summed E-state index contributed by atoms with van der Waals surface area (Å²) < 4.78 is 0. The number of nitrogens with one attached hydrogen (secondary N) is 1. The van der Waals surface area contributed by atoms with Gasteiger partial charge in [0.15, 0.2) is 0 Å². The van der Waals surface area contributed by atoms with E-state index in [1.807, 2.05) is 12.1 Å². The van der Waals surface area contributed by atoms with Crippen molar-refractivity contribution in [3.63, 3.8) is 0 Å². The fourth-order valence-corrected chi connectivity index (χ4v) is 1.94. The van der Waals surface area contributed by atoms with Gasteiger partial charge in [0.05, 0.1) is 0 Å². The predicted molar refractivity (Wildman–Crippen MR) is 74.5 cm³/mol. The molecule has 0 aliphatic carbocycles. The molecule has 2 rings (SSSR count). The van der Waals surface area contributed by atoms with Crippen molar-refractivity contribution in [2.75, 3.05) is 0 Å². The molecule has 2 heteroatoms. The van der Waals surface area contributed by atoms with Crippen LogP contribution in [0.2, 0.25) is 0 Å². The molecule has 2 aromatic carbocycles. The van der Waals surface area contributed by atoms with Crippen LogP contribution < -0.4 is 5.32 Å². The van der Waals surface area contributed by atoms with Crippen molar-refractivity contribution in [1.82, 2.24) is 5.32 Å². The number of hydrogen-bond donors (Lipinski definition) is 2. The Bertz CT molecular complexity index is 505. The molecule has 0 bridgehead atoms. The Hall–Kier alpha value is -1.80. The Morgan fingerprint density at radius 2 is 1.83 bits per heavy atom. The Balaban J connectivity index is 1.96. The molecule has 0 amide bonds. The first kappa shape index (κ1) is 12.7. The maximum absolute atomic E-state index is 9.22. The smallest absolute Gasteiger partial charge is 0.115 e. The molecule has 18 heavy (non-hydrogen) atoms. The number of phenols is 1. The molecule has 0 fully saturated rings. The SMILES string of the molecule is Cc1cccc([C@@H](C)NCc2ccc(O)cc2)c1. The zero-order chi connectivity index (χ0) is 13.0. The van der Waals surface area contributed by atoms with Crippen molar-refractivity contribution in [3.8, 4) is 5.75 Å². The Morgan fingerprint density at radius 1 is 1.11 bits per heavy atom. The van der Waals surface area contributed by atoms with E-state index in [4.69, 9.17) is 0 Å².